The average Bonchev–Trinajstić information content (AvgIpc) is 2.95. The Hall–Kier alpha value is -1.61. The van der Waals surface area contributed by atoms with Gasteiger partial charge in [-0.2, -0.15) is 0 Å². The lowest BCUT2D eigenvalue weighted by Gasteiger charge is -2.33. The molecule has 4 rings (SSSR count). The maximum absolute atomic E-state index is 3.82. The SMILES string of the molecule is Pc1ccc(CN2c3ccccc3NC2NC2CCNCC2)cc1. The third kappa shape index (κ3) is 3.41. The van der Waals surface area contributed by atoms with E-state index >= 15 is 0 Å². The second-order valence-electron chi connectivity index (χ2n) is 6.62. The molecule has 2 aromatic carbocycles. The first-order valence-corrected chi connectivity index (χ1v) is 9.31. The molecule has 0 spiro atoms. The van der Waals surface area contributed by atoms with E-state index < -0.39 is 0 Å². The highest BCUT2D eigenvalue weighted by Gasteiger charge is 2.30. The van der Waals surface area contributed by atoms with E-state index in [-0.39, 0.29) is 6.29 Å². The Kier molecular flexibility index (Phi) is 4.70. The van der Waals surface area contributed by atoms with E-state index in [1.165, 1.54) is 35.1 Å². The minimum Gasteiger partial charge on any atom is -0.351 e. The predicted octanol–water partition coefficient (Wildman–Crippen LogP) is 2.24. The van der Waals surface area contributed by atoms with Crippen LogP contribution in [-0.4, -0.2) is 25.4 Å². The Balaban J connectivity index is 1.54. The number of fused-ring (bicyclic) bond motifs is 1. The van der Waals surface area contributed by atoms with Crippen LogP contribution in [0.4, 0.5) is 11.4 Å². The molecule has 2 aromatic rings. The second kappa shape index (κ2) is 7.10. The fourth-order valence-electron chi connectivity index (χ4n) is 3.55. The van der Waals surface area contributed by atoms with E-state index in [1.807, 2.05) is 0 Å². The first-order valence-electron chi connectivity index (χ1n) is 8.73. The Morgan fingerprint density at radius 1 is 1.04 bits per heavy atom. The van der Waals surface area contributed by atoms with Crippen molar-refractivity contribution in [1.29, 1.82) is 0 Å². The summed E-state index contributed by atoms with van der Waals surface area (Å²) in [5.74, 6) is 0. The van der Waals surface area contributed by atoms with Crippen LogP contribution in [-0.2, 0) is 6.54 Å². The van der Waals surface area contributed by atoms with Gasteiger partial charge in [0.2, 0.25) is 0 Å². The number of anilines is 2. The Labute approximate surface area is 146 Å². The van der Waals surface area contributed by atoms with Crippen molar-refractivity contribution in [3.63, 3.8) is 0 Å². The zero-order chi connectivity index (χ0) is 16.4. The van der Waals surface area contributed by atoms with Crippen LogP contribution in [0.15, 0.2) is 48.5 Å². The van der Waals surface area contributed by atoms with Gasteiger partial charge in [0.15, 0.2) is 6.29 Å². The highest BCUT2D eigenvalue weighted by Crippen LogP contribution is 2.34. The van der Waals surface area contributed by atoms with Crippen molar-refractivity contribution >= 4 is 25.9 Å². The van der Waals surface area contributed by atoms with Crippen molar-refractivity contribution in [2.75, 3.05) is 23.3 Å². The molecule has 2 aliphatic heterocycles. The molecule has 3 N–H and O–H groups in total. The fourth-order valence-corrected chi connectivity index (χ4v) is 3.74. The van der Waals surface area contributed by atoms with Crippen molar-refractivity contribution in [3.05, 3.63) is 54.1 Å². The molecule has 0 bridgehead atoms. The summed E-state index contributed by atoms with van der Waals surface area (Å²) in [6, 6.07) is 17.9. The lowest BCUT2D eigenvalue weighted by atomic mass is 10.1. The van der Waals surface area contributed by atoms with Crippen molar-refractivity contribution in [3.8, 4) is 0 Å². The molecule has 0 aromatic heterocycles. The Morgan fingerprint density at radius 3 is 2.58 bits per heavy atom. The van der Waals surface area contributed by atoms with Crippen LogP contribution in [0.2, 0.25) is 0 Å². The van der Waals surface area contributed by atoms with Crippen molar-refractivity contribution < 1.29 is 0 Å². The van der Waals surface area contributed by atoms with Gasteiger partial charge >= 0.3 is 0 Å². The summed E-state index contributed by atoms with van der Waals surface area (Å²) < 4.78 is 0. The Bertz CT molecular complexity index is 682. The van der Waals surface area contributed by atoms with Gasteiger partial charge in [-0.05, 0) is 48.9 Å². The minimum atomic E-state index is 0.154. The van der Waals surface area contributed by atoms with E-state index in [2.05, 4.69) is 78.6 Å². The first kappa shape index (κ1) is 15.9. The number of nitrogens with zero attached hydrogens (tertiary/aromatic N) is 1. The van der Waals surface area contributed by atoms with Crippen molar-refractivity contribution in [1.82, 2.24) is 10.6 Å². The van der Waals surface area contributed by atoms with Gasteiger partial charge in [-0.3, -0.25) is 5.32 Å². The number of nitrogens with one attached hydrogen (secondary N) is 3. The van der Waals surface area contributed by atoms with Gasteiger partial charge in [0.1, 0.15) is 0 Å². The smallest absolute Gasteiger partial charge is 0.156 e. The van der Waals surface area contributed by atoms with Gasteiger partial charge in [0, 0.05) is 12.6 Å². The highest BCUT2D eigenvalue weighted by atomic mass is 31.0. The zero-order valence-electron chi connectivity index (χ0n) is 13.8. The molecule has 0 saturated carbocycles. The van der Waals surface area contributed by atoms with Crippen LogP contribution < -0.4 is 26.2 Å². The number of hydrogen-bond acceptors (Lipinski definition) is 4. The van der Waals surface area contributed by atoms with Gasteiger partial charge in [-0.25, -0.2) is 0 Å². The summed E-state index contributed by atoms with van der Waals surface area (Å²) in [6.45, 7) is 3.11. The first-order chi connectivity index (χ1) is 11.8. The molecular formula is C19H25N4P. The van der Waals surface area contributed by atoms with Crippen LogP contribution in [0.5, 0.6) is 0 Å². The third-order valence-electron chi connectivity index (χ3n) is 4.88. The van der Waals surface area contributed by atoms with Crippen LogP contribution in [0, 0.1) is 0 Å². The quantitative estimate of drug-likeness (QED) is 0.747. The summed E-state index contributed by atoms with van der Waals surface area (Å²) >= 11 is 0. The van der Waals surface area contributed by atoms with Gasteiger partial charge in [-0.15, -0.1) is 9.24 Å². The highest BCUT2D eigenvalue weighted by molar-refractivity contribution is 7.27. The maximum Gasteiger partial charge on any atom is 0.156 e. The topological polar surface area (TPSA) is 39.3 Å². The van der Waals surface area contributed by atoms with Crippen molar-refractivity contribution in [2.24, 2.45) is 0 Å². The monoisotopic (exact) mass is 340 g/mol. The number of rotatable bonds is 4. The Morgan fingerprint density at radius 2 is 1.79 bits per heavy atom. The lowest BCUT2D eigenvalue weighted by Crippen LogP contribution is -2.53. The third-order valence-corrected chi connectivity index (χ3v) is 5.27. The fraction of sp³-hybridized carbons (Fsp3) is 0.368. The molecule has 0 radical (unpaired) electrons. The molecule has 126 valence electrons. The van der Waals surface area contributed by atoms with Gasteiger partial charge in [-0.1, -0.05) is 36.4 Å². The molecule has 0 aliphatic carbocycles. The number of para-hydroxylation sites is 2. The van der Waals surface area contributed by atoms with Crippen LogP contribution in [0.1, 0.15) is 18.4 Å². The molecule has 0 amide bonds. The second-order valence-corrected chi connectivity index (χ2v) is 7.29. The molecule has 2 unspecified atom stereocenters. The van der Waals surface area contributed by atoms with E-state index in [0.29, 0.717) is 6.04 Å². The van der Waals surface area contributed by atoms with E-state index in [1.54, 1.807) is 0 Å². The van der Waals surface area contributed by atoms with E-state index in [9.17, 15) is 0 Å². The minimum absolute atomic E-state index is 0.154. The van der Waals surface area contributed by atoms with Crippen LogP contribution in [0.25, 0.3) is 0 Å². The molecule has 5 heteroatoms. The van der Waals surface area contributed by atoms with E-state index in [0.717, 1.165) is 19.6 Å². The van der Waals surface area contributed by atoms with Crippen LogP contribution >= 0.6 is 9.24 Å². The summed E-state index contributed by atoms with van der Waals surface area (Å²) in [6.07, 6.45) is 2.52. The molecule has 1 saturated heterocycles. The maximum atomic E-state index is 3.82. The molecule has 4 nitrogen and oxygen atoms in total. The normalized spacial score (nSPS) is 20.7. The summed E-state index contributed by atoms with van der Waals surface area (Å²) in [7, 11) is 2.75. The molecule has 1 fully saturated rings. The molecule has 2 heterocycles. The zero-order valence-corrected chi connectivity index (χ0v) is 15.0. The molecular weight excluding hydrogens is 315 g/mol. The summed E-state index contributed by atoms with van der Waals surface area (Å²) in [5.41, 5.74) is 3.82. The molecule has 2 atom stereocenters. The van der Waals surface area contributed by atoms with Crippen LogP contribution in [0.3, 0.4) is 0 Å². The molecule has 24 heavy (non-hydrogen) atoms. The van der Waals surface area contributed by atoms with E-state index in [4.69, 9.17) is 0 Å². The average molecular weight is 340 g/mol. The largest absolute Gasteiger partial charge is 0.351 e. The van der Waals surface area contributed by atoms with Gasteiger partial charge in [0.05, 0.1) is 11.4 Å². The summed E-state index contributed by atoms with van der Waals surface area (Å²) in [4.78, 5) is 2.44. The standard InChI is InChI=1S/C19H25N4P/c24-16-7-5-14(6-8-16)13-23-18-4-2-1-3-17(18)22-19(23)21-15-9-11-20-12-10-15/h1-8,15,19-22H,9-13,24H2. The number of piperidine rings is 1. The van der Waals surface area contributed by atoms with Gasteiger partial charge in [0.25, 0.3) is 0 Å². The molecule has 2 aliphatic rings. The van der Waals surface area contributed by atoms with Crippen molar-refractivity contribution in [2.45, 2.75) is 31.7 Å². The lowest BCUT2D eigenvalue weighted by molar-refractivity contribution is 0.356. The number of benzene rings is 2. The number of hydrogen-bond donors (Lipinski definition) is 3. The predicted molar refractivity (Wildman–Crippen MR) is 105 cm³/mol. The summed E-state index contributed by atoms with van der Waals surface area (Å²) in [5, 5.41) is 12.1. The van der Waals surface area contributed by atoms with Gasteiger partial charge < -0.3 is 15.5 Å².